The van der Waals surface area contributed by atoms with Crippen molar-refractivity contribution in [1.82, 2.24) is 0 Å². The van der Waals surface area contributed by atoms with Gasteiger partial charge in [0, 0.05) is 12.5 Å². The van der Waals surface area contributed by atoms with Gasteiger partial charge in [-0.05, 0) is 6.07 Å². The third-order valence-electron chi connectivity index (χ3n) is 2.41. The quantitative estimate of drug-likeness (QED) is 0.474. The molecule has 0 aliphatic heterocycles. The molecule has 1 aromatic rings. The van der Waals surface area contributed by atoms with Crippen LogP contribution in [0.5, 0.6) is 0 Å². The number of ketones is 1. The number of Topliss-reactive ketones (excluding diaryl/α,β-unsaturated/α-hetero) is 1. The van der Waals surface area contributed by atoms with E-state index in [4.69, 9.17) is 0 Å². The maximum Gasteiger partial charge on any atom is 0.308 e. The lowest BCUT2D eigenvalue weighted by Gasteiger charge is -2.08. The van der Waals surface area contributed by atoms with E-state index in [1.807, 2.05) is 0 Å². The standard InChI is InChI=1S/C12H11F3O3/c1-6(12(17)18-2)3-11(16)7-4-9(14)10(15)5-8(7)13/h4-6H,3H2,1-2H3. The molecule has 0 radical (unpaired) electrons. The van der Waals surface area contributed by atoms with E-state index in [-0.39, 0.29) is 6.42 Å². The van der Waals surface area contributed by atoms with Crippen molar-refractivity contribution < 1.29 is 27.5 Å². The fourth-order valence-corrected chi connectivity index (χ4v) is 1.41. The van der Waals surface area contributed by atoms with Crippen LogP contribution >= 0.6 is 0 Å². The van der Waals surface area contributed by atoms with E-state index in [1.165, 1.54) is 6.92 Å². The Balaban J connectivity index is 2.91. The minimum atomic E-state index is -1.37. The normalized spacial score (nSPS) is 12.1. The molecule has 98 valence electrons. The van der Waals surface area contributed by atoms with Gasteiger partial charge in [-0.15, -0.1) is 0 Å². The van der Waals surface area contributed by atoms with Crippen LogP contribution in [0, 0.1) is 23.4 Å². The molecule has 0 aliphatic carbocycles. The van der Waals surface area contributed by atoms with Gasteiger partial charge in [0.1, 0.15) is 5.82 Å². The first-order chi connectivity index (χ1) is 8.36. The first-order valence-electron chi connectivity index (χ1n) is 5.12. The molecule has 0 heterocycles. The predicted molar refractivity (Wildman–Crippen MR) is 56.4 cm³/mol. The van der Waals surface area contributed by atoms with Crippen LogP contribution in [-0.4, -0.2) is 18.9 Å². The molecule has 1 atom stereocenters. The lowest BCUT2D eigenvalue weighted by atomic mass is 9.99. The van der Waals surface area contributed by atoms with Crippen molar-refractivity contribution in [2.75, 3.05) is 7.11 Å². The number of benzene rings is 1. The van der Waals surface area contributed by atoms with E-state index < -0.39 is 40.7 Å². The topological polar surface area (TPSA) is 43.4 Å². The average Bonchev–Trinajstić information content (AvgIpc) is 2.32. The highest BCUT2D eigenvalue weighted by molar-refractivity contribution is 5.98. The first-order valence-corrected chi connectivity index (χ1v) is 5.12. The monoisotopic (exact) mass is 260 g/mol. The number of hydrogen-bond acceptors (Lipinski definition) is 3. The van der Waals surface area contributed by atoms with Crippen LogP contribution in [0.25, 0.3) is 0 Å². The van der Waals surface area contributed by atoms with Gasteiger partial charge in [-0.2, -0.15) is 0 Å². The fraction of sp³-hybridized carbons (Fsp3) is 0.333. The Hall–Kier alpha value is -1.85. The lowest BCUT2D eigenvalue weighted by molar-refractivity contribution is -0.144. The van der Waals surface area contributed by atoms with E-state index in [9.17, 15) is 22.8 Å². The molecular weight excluding hydrogens is 249 g/mol. The van der Waals surface area contributed by atoms with Gasteiger partial charge in [0.25, 0.3) is 0 Å². The third-order valence-corrected chi connectivity index (χ3v) is 2.41. The van der Waals surface area contributed by atoms with E-state index in [0.29, 0.717) is 12.1 Å². The van der Waals surface area contributed by atoms with Gasteiger partial charge < -0.3 is 4.74 Å². The Morgan fingerprint density at radius 2 is 1.72 bits per heavy atom. The number of halogens is 3. The number of esters is 1. The van der Waals surface area contributed by atoms with Crippen LogP contribution in [0.2, 0.25) is 0 Å². The Kier molecular flexibility index (Phi) is 4.47. The van der Waals surface area contributed by atoms with Gasteiger partial charge >= 0.3 is 5.97 Å². The van der Waals surface area contributed by atoms with Crippen LogP contribution in [0.15, 0.2) is 12.1 Å². The summed E-state index contributed by atoms with van der Waals surface area (Å²) in [5.74, 6) is -6.04. The summed E-state index contributed by atoms with van der Waals surface area (Å²) in [5.41, 5.74) is -0.579. The smallest absolute Gasteiger partial charge is 0.308 e. The van der Waals surface area contributed by atoms with Crippen molar-refractivity contribution in [2.45, 2.75) is 13.3 Å². The van der Waals surface area contributed by atoms with Crippen molar-refractivity contribution >= 4 is 11.8 Å². The van der Waals surface area contributed by atoms with Gasteiger partial charge in [-0.3, -0.25) is 9.59 Å². The highest BCUT2D eigenvalue weighted by Crippen LogP contribution is 2.17. The number of rotatable bonds is 4. The molecule has 0 aliphatic rings. The van der Waals surface area contributed by atoms with Crippen molar-refractivity contribution in [2.24, 2.45) is 5.92 Å². The molecule has 18 heavy (non-hydrogen) atoms. The first kappa shape index (κ1) is 14.2. The van der Waals surface area contributed by atoms with Gasteiger partial charge in [-0.25, -0.2) is 13.2 Å². The highest BCUT2D eigenvalue weighted by atomic mass is 19.2. The maximum absolute atomic E-state index is 13.3. The van der Waals surface area contributed by atoms with Crippen LogP contribution < -0.4 is 0 Å². The second kappa shape index (κ2) is 5.66. The Morgan fingerprint density at radius 1 is 1.17 bits per heavy atom. The molecule has 1 rings (SSSR count). The zero-order valence-electron chi connectivity index (χ0n) is 9.80. The summed E-state index contributed by atoms with van der Waals surface area (Å²) in [6.07, 6.45) is -0.339. The van der Waals surface area contributed by atoms with E-state index >= 15 is 0 Å². The van der Waals surface area contributed by atoms with Gasteiger partial charge in [-0.1, -0.05) is 6.92 Å². The summed E-state index contributed by atoms with van der Waals surface area (Å²) in [6, 6.07) is 0.780. The largest absolute Gasteiger partial charge is 0.469 e. The SMILES string of the molecule is COC(=O)C(C)CC(=O)c1cc(F)c(F)cc1F. The summed E-state index contributed by atoms with van der Waals surface area (Å²) in [7, 11) is 1.15. The molecule has 0 saturated heterocycles. The zero-order valence-corrected chi connectivity index (χ0v) is 9.80. The summed E-state index contributed by atoms with van der Waals surface area (Å²) in [4.78, 5) is 22.7. The molecule has 0 aromatic heterocycles. The minimum Gasteiger partial charge on any atom is -0.469 e. The predicted octanol–water partition coefficient (Wildman–Crippen LogP) is 2.49. The number of ether oxygens (including phenoxy) is 1. The van der Waals surface area contributed by atoms with Crippen molar-refractivity contribution in [1.29, 1.82) is 0 Å². The molecular formula is C12H11F3O3. The van der Waals surface area contributed by atoms with Gasteiger partial charge in [0.05, 0.1) is 18.6 Å². The molecule has 0 N–H and O–H groups in total. The molecule has 0 spiro atoms. The summed E-state index contributed by atoms with van der Waals surface area (Å²) in [5, 5.41) is 0. The average molecular weight is 260 g/mol. The second-order valence-corrected chi connectivity index (χ2v) is 3.80. The Labute approximate surface area is 102 Å². The molecule has 0 fully saturated rings. The van der Waals surface area contributed by atoms with Crippen LogP contribution in [0.3, 0.4) is 0 Å². The Morgan fingerprint density at radius 3 is 2.28 bits per heavy atom. The number of carbonyl (C=O) groups is 2. The molecule has 0 bridgehead atoms. The van der Waals surface area contributed by atoms with E-state index in [0.717, 1.165) is 7.11 Å². The van der Waals surface area contributed by atoms with Crippen molar-refractivity contribution in [3.63, 3.8) is 0 Å². The third kappa shape index (κ3) is 3.09. The maximum atomic E-state index is 13.3. The summed E-state index contributed by atoms with van der Waals surface area (Å²) in [6.45, 7) is 1.42. The van der Waals surface area contributed by atoms with E-state index in [1.54, 1.807) is 0 Å². The van der Waals surface area contributed by atoms with Crippen LogP contribution in [0.1, 0.15) is 23.7 Å². The molecule has 1 unspecified atom stereocenters. The second-order valence-electron chi connectivity index (χ2n) is 3.80. The summed E-state index contributed by atoms with van der Waals surface area (Å²) >= 11 is 0. The van der Waals surface area contributed by atoms with Crippen molar-refractivity contribution in [3.05, 3.63) is 35.1 Å². The highest BCUT2D eigenvalue weighted by Gasteiger charge is 2.22. The molecule has 1 aromatic carbocycles. The molecule has 3 nitrogen and oxygen atoms in total. The molecule has 0 amide bonds. The number of hydrogen-bond donors (Lipinski definition) is 0. The minimum absolute atomic E-state index is 0.297. The molecule has 6 heteroatoms. The fourth-order valence-electron chi connectivity index (χ4n) is 1.41. The lowest BCUT2D eigenvalue weighted by Crippen LogP contribution is -2.17. The number of methoxy groups -OCH3 is 1. The number of carbonyl (C=O) groups excluding carboxylic acids is 2. The van der Waals surface area contributed by atoms with E-state index in [2.05, 4.69) is 4.74 Å². The van der Waals surface area contributed by atoms with Crippen LogP contribution in [0.4, 0.5) is 13.2 Å². The Bertz CT molecular complexity index is 486. The van der Waals surface area contributed by atoms with Gasteiger partial charge in [0.15, 0.2) is 17.4 Å². The van der Waals surface area contributed by atoms with Crippen LogP contribution in [-0.2, 0) is 9.53 Å². The molecule has 0 saturated carbocycles. The van der Waals surface area contributed by atoms with Gasteiger partial charge in [0.2, 0.25) is 0 Å². The summed E-state index contributed by atoms with van der Waals surface area (Å²) < 4.78 is 43.2. The van der Waals surface area contributed by atoms with Crippen molar-refractivity contribution in [3.8, 4) is 0 Å². The zero-order chi connectivity index (χ0) is 13.9.